The van der Waals surface area contributed by atoms with Gasteiger partial charge in [0.1, 0.15) is 23.6 Å². The Hall–Kier alpha value is -4.57. The van der Waals surface area contributed by atoms with Gasteiger partial charge in [0.25, 0.3) is 5.91 Å². The van der Waals surface area contributed by atoms with Gasteiger partial charge in [0.15, 0.2) is 11.6 Å². The van der Waals surface area contributed by atoms with Crippen LogP contribution in [-0.2, 0) is 42.4 Å². The minimum atomic E-state index is -2.92. The summed E-state index contributed by atoms with van der Waals surface area (Å²) in [6.45, 7) is 3.47. The minimum Gasteiger partial charge on any atom is -0.450 e. The van der Waals surface area contributed by atoms with Crippen molar-refractivity contribution in [3.63, 3.8) is 0 Å². The van der Waals surface area contributed by atoms with E-state index in [1.807, 2.05) is 11.0 Å². The highest BCUT2D eigenvalue weighted by Crippen LogP contribution is 2.29. The molecule has 4 atom stereocenters. The van der Waals surface area contributed by atoms with E-state index in [9.17, 15) is 28.5 Å². The summed E-state index contributed by atoms with van der Waals surface area (Å²) in [6, 6.07) is 7.88. The summed E-state index contributed by atoms with van der Waals surface area (Å²) in [7, 11) is -1.30. The fourth-order valence-electron chi connectivity index (χ4n) is 5.24. The number of Topliss-reactive ketones (excluding diaryl/α,β-unsaturated/α-hetero) is 1. The molecular formula is C31H40N6O11P+. The van der Waals surface area contributed by atoms with Crippen LogP contribution in [0.25, 0.3) is 11.4 Å². The van der Waals surface area contributed by atoms with Gasteiger partial charge in [0.2, 0.25) is 6.16 Å². The van der Waals surface area contributed by atoms with Crippen molar-refractivity contribution in [3.8, 4) is 11.4 Å². The third-order valence-corrected chi connectivity index (χ3v) is 8.63. The fraction of sp³-hybridized carbons (Fsp3) is 0.516. The van der Waals surface area contributed by atoms with Crippen LogP contribution in [0.4, 0.5) is 10.6 Å². The molecule has 2 amide bonds. The van der Waals surface area contributed by atoms with Crippen LogP contribution in [0.5, 0.6) is 0 Å². The molecule has 0 bridgehead atoms. The average molecular weight is 704 g/mol. The normalized spacial score (nSPS) is 18.4. The van der Waals surface area contributed by atoms with E-state index in [0.29, 0.717) is 31.0 Å². The van der Waals surface area contributed by atoms with Crippen molar-refractivity contribution in [2.45, 2.75) is 51.9 Å². The summed E-state index contributed by atoms with van der Waals surface area (Å²) in [5.41, 5.74) is 0.561. The number of amides is 2. The third-order valence-electron chi connectivity index (χ3n) is 7.56. The van der Waals surface area contributed by atoms with Gasteiger partial charge in [-0.15, -0.1) is 0 Å². The second-order valence-electron chi connectivity index (χ2n) is 11.1. The van der Waals surface area contributed by atoms with Crippen molar-refractivity contribution in [2.24, 2.45) is 0 Å². The molecule has 2 fully saturated rings. The molecular weight excluding hydrogens is 663 g/mol. The van der Waals surface area contributed by atoms with Gasteiger partial charge in [0, 0.05) is 65.3 Å². The molecule has 17 nitrogen and oxygen atoms in total. The zero-order chi connectivity index (χ0) is 35.5. The number of esters is 2. The van der Waals surface area contributed by atoms with Gasteiger partial charge in [-0.3, -0.25) is 24.1 Å². The number of aromatic nitrogens is 2. The van der Waals surface area contributed by atoms with E-state index in [2.05, 4.69) is 15.6 Å². The Balaban J connectivity index is 1.66. The fourth-order valence-corrected chi connectivity index (χ4v) is 6.17. The van der Waals surface area contributed by atoms with Crippen LogP contribution in [-0.4, -0.2) is 122 Å². The first kappa shape index (κ1) is 37.3. The molecule has 1 aromatic carbocycles. The number of nitrogens with zero attached hydrogens (tertiary/aromatic N) is 4. The van der Waals surface area contributed by atoms with Crippen LogP contribution in [0.15, 0.2) is 36.4 Å². The SMILES string of the molecule is CCOC(=O)N1CCNCC1C(=O)C(C[P+](=O)OC(OC(C)=O)OC(C)=O)NC(=O)c1cc(N2CCC(OC)C2)nc(-c2ccccc2)n1. The molecule has 1 aromatic heterocycles. The van der Waals surface area contributed by atoms with Gasteiger partial charge in [-0.1, -0.05) is 34.9 Å². The molecule has 0 radical (unpaired) electrons. The van der Waals surface area contributed by atoms with E-state index < -0.39 is 62.5 Å². The van der Waals surface area contributed by atoms with E-state index in [1.54, 1.807) is 38.3 Å². The number of rotatable bonds is 14. The molecule has 0 saturated carbocycles. The standard InChI is InChI=1S/C31H39N6O11P/c1-5-45-30(42)37-14-12-32-16-25(37)27(40)24(18-49(43)48-31(46-19(2)38)47-20(3)39)34-29(41)23-15-26(36-13-11-22(17-36)44-4)35-28(33-23)21-9-7-6-8-10-21/h6-10,15,22,24-25,31-32H,5,11-14,16-18H2,1-4H3/p+1. The zero-order valence-electron chi connectivity index (χ0n) is 27.7. The van der Waals surface area contributed by atoms with Crippen molar-refractivity contribution in [2.75, 3.05) is 57.5 Å². The molecule has 0 aliphatic carbocycles. The van der Waals surface area contributed by atoms with E-state index in [0.717, 1.165) is 20.3 Å². The summed E-state index contributed by atoms with van der Waals surface area (Å²) in [6.07, 6.45) is -0.650. The van der Waals surface area contributed by atoms with Crippen LogP contribution in [0.2, 0.25) is 0 Å². The van der Waals surface area contributed by atoms with Crippen molar-refractivity contribution < 1.29 is 52.0 Å². The van der Waals surface area contributed by atoms with Gasteiger partial charge in [-0.05, 0) is 17.9 Å². The molecule has 18 heteroatoms. The predicted molar refractivity (Wildman–Crippen MR) is 173 cm³/mol. The van der Waals surface area contributed by atoms with Crippen molar-refractivity contribution in [1.29, 1.82) is 0 Å². The van der Waals surface area contributed by atoms with Crippen LogP contribution < -0.4 is 15.5 Å². The Morgan fingerprint density at radius 3 is 2.41 bits per heavy atom. The number of nitrogens with one attached hydrogen (secondary N) is 2. The van der Waals surface area contributed by atoms with Gasteiger partial charge in [0.05, 0.1) is 12.7 Å². The Labute approximate surface area is 283 Å². The number of hydrogen-bond acceptors (Lipinski definition) is 15. The second-order valence-corrected chi connectivity index (χ2v) is 12.3. The maximum Gasteiger partial charge on any atom is 0.518 e. The third kappa shape index (κ3) is 10.5. The van der Waals surface area contributed by atoms with Crippen LogP contribution in [0, 0.1) is 0 Å². The Bertz CT molecular complexity index is 1510. The van der Waals surface area contributed by atoms with Crippen molar-refractivity contribution in [3.05, 3.63) is 42.1 Å². The molecule has 49 heavy (non-hydrogen) atoms. The maximum absolute atomic E-state index is 14.1. The van der Waals surface area contributed by atoms with Gasteiger partial charge in [-0.2, -0.15) is 0 Å². The number of hydrogen-bond donors (Lipinski definition) is 2. The molecule has 3 heterocycles. The highest BCUT2D eigenvalue weighted by atomic mass is 31.1. The lowest BCUT2D eigenvalue weighted by Crippen LogP contribution is -2.61. The Kier molecular flexibility index (Phi) is 13.5. The van der Waals surface area contributed by atoms with Crippen molar-refractivity contribution in [1.82, 2.24) is 25.5 Å². The average Bonchev–Trinajstić information content (AvgIpc) is 3.57. The smallest absolute Gasteiger partial charge is 0.450 e. The highest BCUT2D eigenvalue weighted by Gasteiger charge is 2.43. The molecule has 2 aliphatic heterocycles. The first-order valence-electron chi connectivity index (χ1n) is 15.7. The van der Waals surface area contributed by atoms with Gasteiger partial charge < -0.3 is 34.5 Å². The molecule has 2 aliphatic rings. The predicted octanol–water partition coefficient (Wildman–Crippen LogP) is 1.64. The van der Waals surface area contributed by atoms with Crippen molar-refractivity contribution >= 4 is 43.6 Å². The summed E-state index contributed by atoms with van der Waals surface area (Å²) in [5, 5.41) is 5.66. The number of ketones is 1. The first-order chi connectivity index (χ1) is 23.5. The molecule has 4 rings (SSSR count). The molecule has 264 valence electrons. The largest absolute Gasteiger partial charge is 0.518 e. The minimum absolute atomic E-state index is 0.0244. The molecule has 0 spiro atoms. The second kappa shape index (κ2) is 17.7. The van der Waals surface area contributed by atoms with E-state index in [-0.39, 0.29) is 37.3 Å². The Morgan fingerprint density at radius 2 is 1.78 bits per heavy atom. The highest BCUT2D eigenvalue weighted by molar-refractivity contribution is 7.39. The summed E-state index contributed by atoms with van der Waals surface area (Å²) in [5.74, 6) is -2.54. The number of carbonyl (C=O) groups excluding carboxylic acids is 5. The maximum atomic E-state index is 14.1. The molecule has 2 aromatic rings. The number of carbonyl (C=O) groups is 5. The van der Waals surface area contributed by atoms with Gasteiger partial charge >= 0.3 is 32.5 Å². The van der Waals surface area contributed by atoms with E-state index in [1.165, 1.54) is 11.0 Å². The zero-order valence-corrected chi connectivity index (χ0v) is 28.6. The summed E-state index contributed by atoms with van der Waals surface area (Å²) >= 11 is 0. The lowest BCUT2D eigenvalue weighted by molar-refractivity contribution is -0.231. The monoisotopic (exact) mass is 703 g/mol. The van der Waals surface area contributed by atoms with Crippen LogP contribution >= 0.6 is 8.03 Å². The van der Waals surface area contributed by atoms with Crippen LogP contribution in [0.1, 0.15) is 37.7 Å². The quantitative estimate of drug-likeness (QED) is 0.163. The number of ether oxygens (including phenoxy) is 4. The number of benzene rings is 1. The summed E-state index contributed by atoms with van der Waals surface area (Å²) < 4.78 is 38.6. The lowest BCUT2D eigenvalue weighted by Gasteiger charge is -2.35. The number of piperazine rings is 1. The topological polar surface area (TPSA) is 205 Å². The van der Waals surface area contributed by atoms with E-state index in [4.69, 9.17) is 28.5 Å². The lowest BCUT2D eigenvalue weighted by atomic mass is 10.0. The van der Waals surface area contributed by atoms with E-state index >= 15 is 0 Å². The molecule has 2 saturated heterocycles. The number of methoxy groups -OCH3 is 1. The molecule has 2 N–H and O–H groups in total. The molecule has 4 unspecified atom stereocenters. The summed E-state index contributed by atoms with van der Waals surface area (Å²) in [4.78, 5) is 76.2. The number of anilines is 1. The first-order valence-corrected chi connectivity index (χ1v) is 17.0. The van der Waals surface area contributed by atoms with Gasteiger partial charge in [-0.25, -0.2) is 14.8 Å². The Morgan fingerprint density at radius 1 is 1.06 bits per heavy atom. The van der Waals surface area contributed by atoms with Crippen LogP contribution in [0.3, 0.4) is 0 Å².